The average molecular weight is 399 g/mol. The molecule has 5 heteroatoms. The molecule has 0 saturated carbocycles. The SMILES string of the molecule is Cc1ccc(C(CNC(=O)CCC(=O)c2ccc(Cl)cc2)N2CCCC2)cc1. The van der Waals surface area contributed by atoms with Gasteiger partial charge in [-0.05, 0) is 62.7 Å². The number of likely N-dealkylation sites (tertiary alicyclic amines) is 1. The highest BCUT2D eigenvalue weighted by Gasteiger charge is 2.24. The number of halogens is 1. The highest BCUT2D eigenvalue weighted by atomic mass is 35.5. The molecule has 148 valence electrons. The van der Waals surface area contributed by atoms with Gasteiger partial charge in [-0.3, -0.25) is 14.5 Å². The second-order valence-electron chi connectivity index (χ2n) is 7.40. The van der Waals surface area contributed by atoms with E-state index in [1.165, 1.54) is 24.0 Å². The Morgan fingerprint density at radius 1 is 1.00 bits per heavy atom. The van der Waals surface area contributed by atoms with Crippen molar-refractivity contribution in [3.63, 3.8) is 0 Å². The number of benzene rings is 2. The molecule has 1 aliphatic heterocycles. The zero-order valence-corrected chi connectivity index (χ0v) is 17.0. The molecule has 2 aromatic carbocycles. The lowest BCUT2D eigenvalue weighted by Gasteiger charge is -2.28. The summed E-state index contributed by atoms with van der Waals surface area (Å²) in [5.74, 6) is -0.125. The van der Waals surface area contributed by atoms with Crippen molar-refractivity contribution in [2.75, 3.05) is 19.6 Å². The monoisotopic (exact) mass is 398 g/mol. The van der Waals surface area contributed by atoms with E-state index >= 15 is 0 Å². The molecule has 0 aliphatic carbocycles. The lowest BCUT2D eigenvalue weighted by molar-refractivity contribution is -0.121. The number of nitrogens with one attached hydrogen (secondary N) is 1. The van der Waals surface area contributed by atoms with Crippen molar-refractivity contribution in [1.29, 1.82) is 0 Å². The van der Waals surface area contributed by atoms with Gasteiger partial charge in [-0.1, -0.05) is 41.4 Å². The Morgan fingerprint density at radius 2 is 1.64 bits per heavy atom. The van der Waals surface area contributed by atoms with Crippen molar-refractivity contribution in [2.45, 2.75) is 38.6 Å². The van der Waals surface area contributed by atoms with Gasteiger partial charge in [-0.25, -0.2) is 0 Å². The van der Waals surface area contributed by atoms with Crippen LogP contribution >= 0.6 is 11.6 Å². The molecule has 0 spiro atoms. The molecule has 1 heterocycles. The van der Waals surface area contributed by atoms with Gasteiger partial charge in [0.15, 0.2) is 5.78 Å². The minimum Gasteiger partial charge on any atom is -0.354 e. The maximum Gasteiger partial charge on any atom is 0.220 e. The van der Waals surface area contributed by atoms with E-state index in [4.69, 9.17) is 11.6 Å². The van der Waals surface area contributed by atoms with Crippen LogP contribution in [0.15, 0.2) is 48.5 Å². The predicted molar refractivity (Wildman–Crippen MR) is 113 cm³/mol. The molecular weight excluding hydrogens is 372 g/mol. The summed E-state index contributed by atoms with van der Waals surface area (Å²) in [6, 6.07) is 15.5. The van der Waals surface area contributed by atoms with Crippen LogP contribution in [0.1, 0.15) is 53.2 Å². The van der Waals surface area contributed by atoms with Gasteiger partial charge in [-0.15, -0.1) is 0 Å². The van der Waals surface area contributed by atoms with Crippen molar-refractivity contribution in [3.8, 4) is 0 Å². The summed E-state index contributed by atoms with van der Waals surface area (Å²) in [7, 11) is 0. The topological polar surface area (TPSA) is 49.4 Å². The van der Waals surface area contributed by atoms with Gasteiger partial charge in [0.2, 0.25) is 5.91 Å². The van der Waals surface area contributed by atoms with Crippen LogP contribution in [0.3, 0.4) is 0 Å². The van der Waals surface area contributed by atoms with E-state index in [-0.39, 0.29) is 30.6 Å². The van der Waals surface area contributed by atoms with E-state index in [2.05, 4.69) is 41.4 Å². The molecule has 3 rings (SSSR count). The molecular formula is C23H27ClN2O2. The standard InChI is InChI=1S/C23H27ClN2O2/c1-17-4-6-18(7-5-17)21(26-14-2-3-15-26)16-25-23(28)13-12-22(27)19-8-10-20(24)11-9-19/h4-11,21H,2-3,12-16H2,1H3,(H,25,28). The first-order valence-electron chi connectivity index (χ1n) is 9.89. The van der Waals surface area contributed by atoms with Gasteiger partial charge in [-0.2, -0.15) is 0 Å². The number of nitrogens with zero attached hydrogens (tertiary/aromatic N) is 1. The molecule has 28 heavy (non-hydrogen) atoms. The molecule has 2 aromatic rings. The Kier molecular flexibility index (Phi) is 7.24. The lowest BCUT2D eigenvalue weighted by atomic mass is 10.0. The third-order valence-electron chi connectivity index (χ3n) is 5.28. The van der Waals surface area contributed by atoms with E-state index in [1.54, 1.807) is 24.3 Å². The summed E-state index contributed by atoms with van der Waals surface area (Å²) in [6.07, 6.45) is 2.80. The highest BCUT2D eigenvalue weighted by Crippen LogP contribution is 2.25. The van der Waals surface area contributed by atoms with Crippen LogP contribution in [0.25, 0.3) is 0 Å². The molecule has 4 nitrogen and oxygen atoms in total. The van der Waals surface area contributed by atoms with E-state index in [0.29, 0.717) is 17.1 Å². The van der Waals surface area contributed by atoms with E-state index in [1.807, 2.05) is 0 Å². The lowest BCUT2D eigenvalue weighted by Crippen LogP contribution is -2.36. The van der Waals surface area contributed by atoms with Crippen LogP contribution in [-0.2, 0) is 4.79 Å². The molecule has 1 fully saturated rings. The van der Waals surface area contributed by atoms with Crippen LogP contribution in [0.5, 0.6) is 0 Å². The molecule has 1 unspecified atom stereocenters. The van der Waals surface area contributed by atoms with Gasteiger partial charge in [0, 0.05) is 30.0 Å². The van der Waals surface area contributed by atoms with Crippen molar-refractivity contribution in [1.82, 2.24) is 10.2 Å². The molecule has 1 amide bonds. The van der Waals surface area contributed by atoms with Crippen LogP contribution in [0.4, 0.5) is 0 Å². The number of ketones is 1. The first-order chi connectivity index (χ1) is 13.5. The summed E-state index contributed by atoms with van der Waals surface area (Å²) in [6.45, 7) is 4.76. The Hall–Kier alpha value is -2.17. The zero-order chi connectivity index (χ0) is 19.9. The number of Topliss-reactive ketones (excluding diaryl/α,β-unsaturated/α-hetero) is 1. The first-order valence-corrected chi connectivity index (χ1v) is 10.3. The Morgan fingerprint density at radius 3 is 2.29 bits per heavy atom. The number of carbonyl (C=O) groups is 2. The summed E-state index contributed by atoms with van der Waals surface area (Å²) in [5.41, 5.74) is 3.05. The Labute approximate surface area is 171 Å². The van der Waals surface area contributed by atoms with Gasteiger partial charge >= 0.3 is 0 Å². The van der Waals surface area contributed by atoms with Crippen molar-refractivity contribution < 1.29 is 9.59 Å². The smallest absolute Gasteiger partial charge is 0.220 e. The number of carbonyl (C=O) groups excluding carboxylic acids is 2. The average Bonchev–Trinajstić information content (AvgIpc) is 3.22. The van der Waals surface area contributed by atoms with Crippen LogP contribution in [0.2, 0.25) is 5.02 Å². The summed E-state index contributed by atoms with van der Waals surface area (Å²) >= 11 is 5.85. The Bertz CT molecular complexity index is 796. The normalized spacial score (nSPS) is 15.4. The summed E-state index contributed by atoms with van der Waals surface area (Å²) in [5, 5.41) is 3.63. The van der Waals surface area contributed by atoms with Crippen LogP contribution in [0, 0.1) is 6.92 Å². The predicted octanol–water partition coefficient (Wildman–Crippen LogP) is 4.56. The van der Waals surface area contributed by atoms with Crippen LogP contribution < -0.4 is 5.32 Å². The number of aryl methyl sites for hydroxylation is 1. The molecule has 1 N–H and O–H groups in total. The van der Waals surface area contributed by atoms with Gasteiger partial charge in [0.05, 0.1) is 6.04 Å². The molecule has 0 aromatic heterocycles. The minimum absolute atomic E-state index is 0.0403. The number of amides is 1. The maximum absolute atomic E-state index is 12.3. The largest absolute Gasteiger partial charge is 0.354 e. The fourth-order valence-corrected chi connectivity index (χ4v) is 3.73. The second-order valence-corrected chi connectivity index (χ2v) is 7.84. The van der Waals surface area contributed by atoms with Crippen molar-refractivity contribution >= 4 is 23.3 Å². The van der Waals surface area contributed by atoms with Gasteiger partial charge < -0.3 is 5.32 Å². The number of hydrogen-bond acceptors (Lipinski definition) is 3. The zero-order valence-electron chi connectivity index (χ0n) is 16.3. The van der Waals surface area contributed by atoms with Gasteiger partial charge in [0.25, 0.3) is 0 Å². The van der Waals surface area contributed by atoms with E-state index in [0.717, 1.165) is 13.1 Å². The summed E-state index contributed by atoms with van der Waals surface area (Å²) < 4.78 is 0. The summed E-state index contributed by atoms with van der Waals surface area (Å²) in [4.78, 5) is 27.0. The number of rotatable bonds is 8. The molecule has 0 bridgehead atoms. The van der Waals surface area contributed by atoms with Gasteiger partial charge in [0.1, 0.15) is 0 Å². The van der Waals surface area contributed by atoms with Crippen LogP contribution in [-0.4, -0.2) is 36.2 Å². The fourth-order valence-electron chi connectivity index (χ4n) is 3.61. The third-order valence-corrected chi connectivity index (χ3v) is 5.53. The Balaban J connectivity index is 1.53. The molecule has 1 atom stereocenters. The molecule has 1 saturated heterocycles. The quantitative estimate of drug-likeness (QED) is 0.663. The number of hydrogen-bond donors (Lipinski definition) is 1. The highest BCUT2D eigenvalue weighted by molar-refractivity contribution is 6.30. The second kappa shape index (κ2) is 9.85. The minimum atomic E-state index is -0.0846. The first kappa shape index (κ1) is 20.6. The maximum atomic E-state index is 12.3. The van der Waals surface area contributed by atoms with Crippen molar-refractivity contribution in [3.05, 3.63) is 70.2 Å². The third kappa shape index (κ3) is 5.66. The van der Waals surface area contributed by atoms with E-state index in [9.17, 15) is 9.59 Å². The molecule has 0 radical (unpaired) electrons. The molecule has 1 aliphatic rings. The fraction of sp³-hybridized carbons (Fsp3) is 0.391. The van der Waals surface area contributed by atoms with E-state index < -0.39 is 0 Å². The van der Waals surface area contributed by atoms with Crippen molar-refractivity contribution in [2.24, 2.45) is 0 Å².